The minimum atomic E-state index is -0.454. The highest BCUT2D eigenvalue weighted by Gasteiger charge is 2.04. The largest absolute Gasteiger partial charge is 0.385 e. The van der Waals surface area contributed by atoms with Gasteiger partial charge in [-0.3, -0.25) is 10.1 Å². The predicted molar refractivity (Wildman–Crippen MR) is 52.6 cm³/mol. The average molecular weight is 194 g/mol. The SMILES string of the molecule is N/N=C(\N)Cc1ccc([N+](=O)[O-])cc1. The fourth-order valence-electron chi connectivity index (χ4n) is 0.990. The maximum absolute atomic E-state index is 10.3. The van der Waals surface area contributed by atoms with Crippen LogP contribution in [-0.2, 0) is 6.42 Å². The summed E-state index contributed by atoms with van der Waals surface area (Å²) in [7, 11) is 0. The van der Waals surface area contributed by atoms with Crippen LogP contribution in [0.2, 0.25) is 0 Å². The molecule has 0 atom stereocenters. The number of nitro benzene ring substituents is 1. The molecule has 0 amide bonds. The highest BCUT2D eigenvalue weighted by molar-refractivity contribution is 5.82. The van der Waals surface area contributed by atoms with Crippen molar-refractivity contribution in [2.24, 2.45) is 16.7 Å². The Balaban J connectivity index is 2.79. The lowest BCUT2D eigenvalue weighted by Gasteiger charge is -1.98. The molecule has 1 aromatic carbocycles. The van der Waals surface area contributed by atoms with Gasteiger partial charge in [-0.2, -0.15) is 5.10 Å². The maximum atomic E-state index is 10.3. The zero-order chi connectivity index (χ0) is 10.6. The van der Waals surface area contributed by atoms with Gasteiger partial charge in [0.25, 0.3) is 5.69 Å². The molecule has 0 radical (unpaired) electrons. The summed E-state index contributed by atoms with van der Waals surface area (Å²) in [5.74, 6) is 5.24. The molecule has 0 fully saturated rings. The fourth-order valence-corrected chi connectivity index (χ4v) is 0.990. The van der Waals surface area contributed by atoms with Gasteiger partial charge in [0, 0.05) is 18.6 Å². The molecule has 0 saturated heterocycles. The summed E-state index contributed by atoms with van der Waals surface area (Å²) in [6.45, 7) is 0. The van der Waals surface area contributed by atoms with E-state index in [9.17, 15) is 10.1 Å². The Bertz CT molecular complexity index is 358. The van der Waals surface area contributed by atoms with E-state index in [2.05, 4.69) is 5.10 Å². The average Bonchev–Trinajstić information content (AvgIpc) is 2.18. The zero-order valence-corrected chi connectivity index (χ0v) is 7.38. The first-order valence-corrected chi connectivity index (χ1v) is 3.89. The van der Waals surface area contributed by atoms with Crippen molar-refractivity contribution in [3.63, 3.8) is 0 Å². The van der Waals surface area contributed by atoms with Crippen LogP contribution in [0.3, 0.4) is 0 Å². The maximum Gasteiger partial charge on any atom is 0.269 e. The van der Waals surface area contributed by atoms with Crippen LogP contribution in [0, 0.1) is 10.1 Å². The smallest absolute Gasteiger partial charge is 0.269 e. The molecule has 0 aliphatic carbocycles. The number of benzene rings is 1. The number of hydrogen-bond acceptors (Lipinski definition) is 4. The number of nitro groups is 1. The third-order valence-corrected chi connectivity index (χ3v) is 1.70. The van der Waals surface area contributed by atoms with Crippen LogP contribution in [-0.4, -0.2) is 10.8 Å². The number of hydrogen-bond donors (Lipinski definition) is 2. The molecule has 1 rings (SSSR count). The summed E-state index contributed by atoms with van der Waals surface area (Å²) in [4.78, 5) is 9.87. The lowest BCUT2D eigenvalue weighted by atomic mass is 10.1. The van der Waals surface area contributed by atoms with Gasteiger partial charge in [-0.25, -0.2) is 0 Å². The molecule has 4 N–H and O–H groups in total. The van der Waals surface area contributed by atoms with E-state index in [1.807, 2.05) is 0 Å². The van der Waals surface area contributed by atoms with E-state index in [1.165, 1.54) is 12.1 Å². The Morgan fingerprint density at radius 1 is 1.43 bits per heavy atom. The van der Waals surface area contributed by atoms with Gasteiger partial charge in [0.05, 0.1) is 4.92 Å². The second kappa shape index (κ2) is 4.22. The predicted octanol–water partition coefficient (Wildman–Crippen LogP) is 0.368. The van der Waals surface area contributed by atoms with Crippen molar-refractivity contribution in [2.45, 2.75) is 6.42 Å². The van der Waals surface area contributed by atoms with E-state index in [4.69, 9.17) is 11.6 Å². The minimum absolute atomic E-state index is 0.0528. The number of nitrogens with zero attached hydrogens (tertiary/aromatic N) is 2. The van der Waals surface area contributed by atoms with Gasteiger partial charge in [-0.05, 0) is 5.56 Å². The van der Waals surface area contributed by atoms with Crippen LogP contribution in [0.15, 0.2) is 29.4 Å². The minimum Gasteiger partial charge on any atom is -0.385 e. The number of amidine groups is 1. The van der Waals surface area contributed by atoms with Crippen LogP contribution in [0.5, 0.6) is 0 Å². The van der Waals surface area contributed by atoms with E-state index in [1.54, 1.807) is 12.1 Å². The van der Waals surface area contributed by atoms with Gasteiger partial charge in [0.15, 0.2) is 0 Å². The molecule has 1 aromatic rings. The fraction of sp³-hybridized carbons (Fsp3) is 0.125. The number of nitrogens with two attached hydrogens (primary N) is 2. The first kappa shape index (κ1) is 9.97. The molecular weight excluding hydrogens is 184 g/mol. The molecular formula is C8H10N4O2. The molecule has 0 spiro atoms. The van der Waals surface area contributed by atoms with Crippen LogP contribution >= 0.6 is 0 Å². The van der Waals surface area contributed by atoms with Gasteiger partial charge >= 0.3 is 0 Å². The molecule has 14 heavy (non-hydrogen) atoms. The monoisotopic (exact) mass is 194 g/mol. The summed E-state index contributed by atoms with van der Waals surface area (Å²) in [5, 5.41) is 13.6. The Labute approximate surface area is 80.4 Å². The van der Waals surface area contributed by atoms with Crippen molar-refractivity contribution < 1.29 is 4.92 Å². The van der Waals surface area contributed by atoms with E-state index in [0.29, 0.717) is 12.3 Å². The first-order chi connectivity index (χ1) is 6.63. The molecule has 74 valence electrons. The summed E-state index contributed by atoms with van der Waals surface area (Å²) in [5.41, 5.74) is 6.28. The van der Waals surface area contributed by atoms with E-state index in [0.717, 1.165) is 5.56 Å². The van der Waals surface area contributed by atoms with Crippen LogP contribution in [0.25, 0.3) is 0 Å². The Morgan fingerprint density at radius 3 is 2.43 bits per heavy atom. The van der Waals surface area contributed by atoms with Crippen molar-refractivity contribution in [3.05, 3.63) is 39.9 Å². The lowest BCUT2D eigenvalue weighted by Crippen LogP contribution is -2.16. The Morgan fingerprint density at radius 2 is 2.00 bits per heavy atom. The Kier molecular flexibility index (Phi) is 3.01. The van der Waals surface area contributed by atoms with Gasteiger partial charge in [0.1, 0.15) is 5.84 Å². The number of rotatable bonds is 3. The van der Waals surface area contributed by atoms with Gasteiger partial charge in [0.2, 0.25) is 0 Å². The molecule has 6 heteroatoms. The topological polar surface area (TPSA) is 108 Å². The third-order valence-electron chi connectivity index (χ3n) is 1.70. The van der Waals surface area contributed by atoms with Crippen molar-refractivity contribution in [3.8, 4) is 0 Å². The van der Waals surface area contributed by atoms with Gasteiger partial charge in [-0.1, -0.05) is 12.1 Å². The second-order valence-electron chi connectivity index (χ2n) is 2.72. The van der Waals surface area contributed by atoms with Crippen molar-refractivity contribution in [2.75, 3.05) is 0 Å². The quantitative estimate of drug-likeness (QED) is 0.238. The highest BCUT2D eigenvalue weighted by Crippen LogP contribution is 2.11. The van der Waals surface area contributed by atoms with Crippen molar-refractivity contribution >= 4 is 11.5 Å². The van der Waals surface area contributed by atoms with Crippen LogP contribution in [0.4, 0.5) is 5.69 Å². The highest BCUT2D eigenvalue weighted by atomic mass is 16.6. The molecule has 0 unspecified atom stereocenters. The number of non-ortho nitro benzene ring substituents is 1. The Hall–Kier alpha value is -2.11. The summed E-state index contributed by atoms with van der Waals surface area (Å²) in [6.07, 6.45) is 0.397. The van der Waals surface area contributed by atoms with Gasteiger partial charge < -0.3 is 11.6 Å². The standard InChI is InChI=1S/C8H10N4O2/c9-8(11-10)5-6-1-3-7(4-2-6)12(13)14/h1-4H,5,10H2,(H2,9,11). The molecule has 0 saturated carbocycles. The van der Waals surface area contributed by atoms with Crippen molar-refractivity contribution in [1.29, 1.82) is 0 Å². The molecule has 0 aliphatic rings. The van der Waals surface area contributed by atoms with Gasteiger partial charge in [-0.15, -0.1) is 0 Å². The van der Waals surface area contributed by atoms with E-state index < -0.39 is 4.92 Å². The summed E-state index contributed by atoms with van der Waals surface area (Å²) < 4.78 is 0. The van der Waals surface area contributed by atoms with Crippen LogP contribution < -0.4 is 11.6 Å². The third kappa shape index (κ3) is 2.44. The van der Waals surface area contributed by atoms with Crippen molar-refractivity contribution in [1.82, 2.24) is 0 Å². The van der Waals surface area contributed by atoms with Crippen LogP contribution in [0.1, 0.15) is 5.56 Å². The molecule has 0 aliphatic heterocycles. The first-order valence-electron chi connectivity index (χ1n) is 3.89. The molecule has 0 bridgehead atoms. The number of hydrazone groups is 1. The summed E-state index contributed by atoms with van der Waals surface area (Å²) in [6, 6.07) is 6.07. The molecule has 0 heterocycles. The normalized spacial score (nSPS) is 11.3. The van der Waals surface area contributed by atoms with E-state index in [-0.39, 0.29) is 5.69 Å². The molecule has 0 aromatic heterocycles. The lowest BCUT2D eigenvalue weighted by molar-refractivity contribution is -0.384. The molecule has 6 nitrogen and oxygen atoms in total. The zero-order valence-electron chi connectivity index (χ0n) is 7.38. The summed E-state index contributed by atoms with van der Waals surface area (Å²) >= 11 is 0. The second-order valence-corrected chi connectivity index (χ2v) is 2.72. The van der Waals surface area contributed by atoms with E-state index >= 15 is 0 Å².